The van der Waals surface area contributed by atoms with Crippen LogP contribution in [0, 0.1) is 0 Å². The molecule has 10 heteroatoms. The first kappa shape index (κ1) is 26.2. The van der Waals surface area contributed by atoms with Crippen molar-refractivity contribution >= 4 is 17.7 Å². The molecule has 1 unspecified atom stereocenters. The molecule has 0 aliphatic carbocycles. The van der Waals surface area contributed by atoms with Crippen molar-refractivity contribution in [2.75, 3.05) is 37.7 Å². The van der Waals surface area contributed by atoms with E-state index in [1.165, 1.54) is 11.1 Å². The number of fused-ring (bicyclic) bond motifs is 2. The van der Waals surface area contributed by atoms with E-state index in [2.05, 4.69) is 48.4 Å². The van der Waals surface area contributed by atoms with E-state index in [1.807, 2.05) is 31.4 Å². The molecule has 4 heterocycles. The van der Waals surface area contributed by atoms with Crippen LogP contribution >= 0.6 is 0 Å². The van der Waals surface area contributed by atoms with Gasteiger partial charge < -0.3 is 19.7 Å². The summed E-state index contributed by atoms with van der Waals surface area (Å²) in [6.45, 7) is 10.8. The summed E-state index contributed by atoms with van der Waals surface area (Å²) < 4.78 is 13.6. The van der Waals surface area contributed by atoms with E-state index in [4.69, 9.17) is 9.47 Å². The molecule has 10 nitrogen and oxygen atoms in total. The van der Waals surface area contributed by atoms with Gasteiger partial charge in [-0.15, -0.1) is 0 Å². The minimum atomic E-state index is -0.468. The fraction of sp³-hybridized carbons (Fsp3) is 0.571. The van der Waals surface area contributed by atoms with Crippen molar-refractivity contribution < 1.29 is 14.3 Å². The van der Waals surface area contributed by atoms with Crippen LogP contribution in [0.4, 0.5) is 10.6 Å². The number of nitrogens with zero attached hydrogens (tertiary/aromatic N) is 6. The van der Waals surface area contributed by atoms with E-state index < -0.39 is 5.60 Å². The second-order valence-electron chi connectivity index (χ2n) is 11.1. The maximum atomic E-state index is 11.8. The van der Waals surface area contributed by atoms with Gasteiger partial charge in [0.25, 0.3) is 5.78 Å². The molecule has 2 aliphatic rings. The SMILES string of the molecule is CC(C)(C)OC(=O)NCCCCN1CCc2cccc(OCC3CCCN3c3ccnc4ncnn34)c2C1. The molecule has 1 saturated heterocycles. The maximum absolute atomic E-state index is 11.8. The van der Waals surface area contributed by atoms with Crippen LogP contribution in [0.5, 0.6) is 5.75 Å². The third kappa shape index (κ3) is 6.35. The van der Waals surface area contributed by atoms with Crippen molar-refractivity contribution in [2.45, 2.75) is 71.1 Å². The number of hydrogen-bond acceptors (Lipinski definition) is 8. The molecule has 204 valence electrons. The Bertz CT molecular complexity index is 1240. The molecular formula is C28H39N7O3. The van der Waals surface area contributed by atoms with Gasteiger partial charge in [0.1, 0.15) is 30.1 Å². The van der Waals surface area contributed by atoms with Gasteiger partial charge in [-0.25, -0.2) is 9.78 Å². The Kier molecular flexibility index (Phi) is 7.97. The minimum absolute atomic E-state index is 0.276. The highest BCUT2D eigenvalue weighted by Crippen LogP contribution is 2.30. The predicted octanol–water partition coefficient (Wildman–Crippen LogP) is 3.84. The van der Waals surface area contributed by atoms with Crippen LogP contribution in [0.2, 0.25) is 0 Å². The molecule has 0 bridgehead atoms. The summed E-state index contributed by atoms with van der Waals surface area (Å²) >= 11 is 0. The number of unbranched alkanes of at least 4 members (excludes halogenated alkanes) is 1. The molecule has 5 rings (SSSR count). The zero-order valence-electron chi connectivity index (χ0n) is 22.7. The first-order valence-corrected chi connectivity index (χ1v) is 13.7. The summed E-state index contributed by atoms with van der Waals surface area (Å²) in [7, 11) is 0. The van der Waals surface area contributed by atoms with Crippen molar-refractivity contribution in [3.63, 3.8) is 0 Å². The molecule has 1 fully saturated rings. The average Bonchev–Trinajstić information content (AvgIpc) is 3.55. The molecule has 2 aliphatic heterocycles. The molecule has 1 aromatic carbocycles. The molecule has 0 saturated carbocycles. The number of benzene rings is 1. The predicted molar refractivity (Wildman–Crippen MR) is 146 cm³/mol. The maximum Gasteiger partial charge on any atom is 0.407 e. The van der Waals surface area contributed by atoms with Gasteiger partial charge in [0.2, 0.25) is 0 Å². The van der Waals surface area contributed by atoms with Gasteiger partial charge in [0.05, 0.1) is 6.04 Å². The lowest BCUT2D eigenvalue weighted by Gasteiger charge is -2.31. The van der Waals surface area contributed by atoms with Crippen LogP contribution < -0.4 is 15.0 Å². The van der Waals surface area contributed by atoms with Gasteiger partial charge in [-0.2, -0.15) is 14.6 Å². The Balaban J connectivity index is 1.14. The first-order valence-electron chi connectivity index (χ1n) is 13.7. The topological polar surface area (TPSA) is 97.1 Å². The van der Waals surface area contributed by atoms with E-state index in [-0.39, 0.29) is 12.1 Å². The molecule has 0 radical (unpaired) electrons. The summed E-state index contributed by atoms with van der Waals surface area (Å²) in [6, 6.07) is 8.72. The fourth-order valence-electron chi connectivity index (χ4n) is 5.34. The number of rotatable bonds is 9. The molecule has 1 amide bonds. The summed E-state index contributed by atoms with van der Waals surface area (Å²) in [5, 5.41) is 7.22. The van der Waals surface area contributed by atoms with Gasteiger partial charge in [-0.1, -0.05) is 12.1 Å². The number of aromatic nitrogens is 4. The fourth-order valence-corrected chi connectivity index (χ4v) is 5.34. The van der Waals surface area contributed by atoms with Crippen LogP contribution in [-0.4, -0.2) is 75.0 Å². The van der Waals surface area contributed by atoms with Crippen molar-refractivity contribution in [3.05, 3.63) is 47.9 Å². The van der Waals surface area contributed by atoms with E-state index in [1.54, 1.807) is 12.5 Å². The number of anilines is 1. The zero-order chi connectivity index (χ0) is 26.5. The van der Waals surface area contributed by atoms with E-state index in [0.29, 0.717) is 18.9 Å². The summed E-state index contributed by atoms with van der Waals surface area (Å²) in [5.74, 6) is 2.62. The number of amides is 1. The lowest BCUT2D eigenvalue weighted by atomic mass is 9.98. The van der Waals surface area contributed by atoms with Gasteiger partial charge in [-0.3, -0.25) is 4.90 Å². The number of carbonyl (C=O) groups excluding carboxylic acids is 1. The lowest BCUT2D eigenvalue weighted by molar-refractivity contribution is 0.0526. The normalized spacial score (nSPS) is 18.0. The van der Waals surface area contributed by atoms with Crippen LogP contribution in [-0.2, 0) is 17.7 Å². The summed E-state index contributed by atoms with van der Waals surface area (Å²) in [5.41, 5.74) is 2.22. The highest BCUT2D eigenvalue weighted by atomic mass is 16.6. The Labute approximate surface area is 224 Å². The van der Waals surface area contributed by atoms with Gasteiger partial charge >= 0.3 is 6.09 Å². The Morgan fingerprint density at radius 2 is 2.05 bits per heavy atom. The Morgan fingerprint density at radius 1 is 1.16 bits per heavy atom. The van der Waals surface area contributed by atoms with E-state index in [0.717, 1.165) is 69.9 Å². The monoisotopic (exact) mass is 521 g/mol. The first-order chi connectivity index (χ1) is 18.4. The number of carbonyl (C=O) groups is 1. The Morgan fingerprint density at radius 3 is 2.92 bits per heavy atom. The highest BCUT2D eigenvalue weighted by molar-refractivity contribution is 5.67. The second kappa shape index (κ2) is 11.6. The van der Waals surface area contributed by atoms with Crippen molar-refractivity contribution in [3.8, 4) is 5.75 Å². The van der Waals surface area contributed by atoms with Crippen LogP contribution in [0.3, 0.4) is 0 Å². The Hall–Kier alpha value is -3.40. The van der Waals surface area contributed by atoms with Gasteiger partial charge in [0, 0.05) is 37.9 Å². The molecular weight excluding hydrogens is 482 g/mol. The van der Waals surface area contributed by atoms with Gasteiger partial charge in [-0.05, 0) is 77.1 Å². The third-order valence-electron chi connectivity index (χ3n) is 7.14. The van der Waals surface area contributed by atoms with Crippen LogP contribution in [0.15, 0.2) is 36.8 Å². The molecule has 1 atom stereocenters. The second-order valence-corrected chi connectivity index (χ2v) is 11.1. The number of ether oxygens (including phenoxy) is 2. The van der Waals surface area contributed by atoms with Crippen molar-refractivity contribution in [1.82, 2.24) is 29.8 Å². The third-order valence-corrected chi connectivity index (χ3v) is 7.14. The van der Waals surface area contributed by atoms with Crippen molar-refractivity contribution in [2.24, 2.45) is 0 Å². The lowest BCUT2D eigenvalue weighted by Crippen LogP contribution is -2.36. The zero-order valence-corrected chi connectivity index (χ0v) is 22.7. The summed E-state index contributed by atoms with van der Waals surface area (Å²) in [4.78, 5) is 25.2. The smallest absolute Gasteiger partial charge is 0.407 e. The molecule has 2 aromatic heterocycles. The number of alkyl carbamates (subject to hydrolysis) is 1. The number of hydrogen-bond donors (Lipinski definition) is 1. The van der Waals surface area contributed by atoms with Crippen LogP contribution in [0.25, 0.3) is 5.78 Å². The molecule has 3 aromatic rings. The largest absolute Gasteiger partial charge is 0.491 e. The number of nitrogens with one attached hydrogen (secondary N) is 1. The van der Waals surface area contributed by atoms with Crippen LogP contribution in [0.1, 0.15) is 57.6 Å². The minimum Gasteiger partial charge on any atom is -0.491 e. The highest BCUT2D eigenvalue weighted by Gasteiger charge is 2.28. The standard InChI is InChI=1S/C28H39N7O3/c1-28(2,3)38-27(36)30-13-4-5-15-33-17-12-21-8-6-10-24(23(21)18-33)37-19-22-9-7-16-34(22)25-11-14-29-26-31-20-32-35(25)26/h6,8,10-11,14,20,22H,4-5,7,9,12-13,15-19H2,1-3H3,(H,30,36). The quantitative estimate of drug-likeness (QED) is 0.425. The average molecular weight is 522 g/mol. The molecule has 0 spiro atoms. The van der Waals surface area contributed by atoms with Crippen molar-refractivity contribution in [1.29, 1.82) is 0 Å². The molecule has 38 heavy (non-hydrogen) atoms. The molecule has 1 N–H and O–H groups in total. The van der Waals surface area contributed by atoms with E-state index >= 15 is 0 Å². The van der Waals surface area contributed by atoms with E-state index in [9.17, 15) is 4.79 Å². The van der Waals surface area contributed by atoms with Gasteiger partial charge in [0.15, 0.2) is 0 Å². The summed E-state index contributed by atoms with van der Waals surface area (Å²) in [6.07, 6.45) is 8.17.